The lowest BCUT2D eigenvalue weighted by Gasteiger charge is -2.11. The molecule has 0 aliphatic heterocycles. The fourth-order valence-electron chi connectivity index (χ4n) is 1.25. The molecule has 0 unspecified atom stereocenters. The Morgan fingerprint density at radius 2 is 2.13 bits per heavy atom. The van der Waals surface area contributed by atoms with Crippen LogP contribution in [-0.4, -0.2) is 20.2 Å². The Kier molecular flexibility index (Phi) is 4.08. The molecule has 0 atom stereocenters. The summed E-state index contributed by atoms with van der Waals surface area (Å²) in [7, 11) is 2.67. The van der Waals surface area contributed by atoms with Crippen molar-refractivity contribution in [2.45, 2.75) is 5.33 Å². The van der Waals surface area contributed by atoms with Crippen LogP contribution in [0, 0.1) is 5.82 Å². The minimum atomic E-state index is -0.708. The molecule has 0 amide bonds. The number of carbonyl (C=O) groups excluding carboxylic acids is 1. The van der Waals surface area contributed by atoms with Crippen LogP contribution in [0.1, 0.15) is 15.9 Å². The quantitative estimate of drug-likeness (QED) is 0.629. The van der Waals surface area contributed by atoms with Gasteiger partial charge < -0.3 is 9.47 Å². The van der Waals surface area contributed by atoms with E-state index in [9.17, 15) is 9.18 Å². The summed E-state index contributed by atoms with van der Waals surface area (Å²) in [6.07, 6.45) is 0. The molecule has 15 heavy (non-hydrogen) atoms. The highest BCUT2D eigenvalue weighted by Crippen LogP contribution is 2.27. The smallest absolute Gasteiger partial charge is 0.341 e. The van der Waals surface area contributed by atoms with Crippen molar-refractivity contribution in [1.29, 1.82) is 0 Å². The van der Waals surface area contributed by atoms with Gasteiger partial charge in [-0.3, -0.25) is 0 Å². The van der Waals surface area contributed by atoms with Crippen molar-refractivity contribution in [1.82, 2.24) is 0 Å². The Hall–Kier alpha value is -1.10. The summed E-state index contributed by atoms with van der Waals surface area (Å²) in [5.74, 6) is -0.869. The van der Waals surface area contributed by atoms with Crippen molar-refractivity contribution in [2.75, 3.05) is 14.2 Å². The highest BCUT2D eigenvalue weighted by atomic mass is 79.9. The molecule has 82 valence electrons. The first-order chi connectivity index (χ1) is 7.15. The first-order valence-corrected chi connectivity index (χ1v) is 5.27. The third kappa shape index (κ3) is 2.28. The lowest BCUT2D eigenvalue weighted by molar-refractivity contribution is 0.0594. The van der Waals surface area contributed by atoms with Gasteiger partial charge in [-0.1, -0.05) is 15.9 Å². The fourth-order valence-corrected chi connectivity index (χ4v) is 1.80. The van der Waals surface area contributed by atoms with E-state index in [1.165, 1.54) is 26.4 Å². The number of halogens is 2. The van der Waals surface area contributed by atoms with Crippen molar-refractivity contribution in [2.24, 2.45) is 0 Å². The Morgan fingerprint density at radius 3 is 2.60 bits per heavy atom. The average molecular weight is 277 g/mol. The summed E-state index contributed by atoms with van der Waals surface area (Å²) in [5.41, 5.74) is 0.359. The minimum absolute atomic E-state index is 0.0891. The second kappa shape index (κ2) is 5.11. The van der Waals surface area contributed by atoms with Crippen molar-refractivity contribution in [3.8, 4) is 5.75 Å². The zero-order chi connectivity index (χ0) is 11.4. The predicted octanol–water partition coefficient (Wildman–Crippen LogP) is 2.52. The number of rotatable bonds is 3. The van der Waals surface area contributed by atoms with E-state index in [0.29, 0.717) is 16.6 Å². The van der Waals surface area contributed by atoms with Crippen molar-refractivity contribution >= 4 is 21.9 Å². The highest BCUT2D eigenvalue weighted by Gasteiger charge is 2.20. The molecule has 0 fully saturated rings. The summed E-state index contributed by atoms with van der Waals surface area (Å²) in [6, 6.07) is 2.65. The second-order valence-electron chi connectivity index (χ2n) is 2.73. The number of methoxy groups -OCH3 is 2. The summed E-state index contributed by atoms with van der Waals surface area (Å²) in [6.45, 7) is 0. The van der Waals surface area contributed by atoms with Gasteiger partial charge in [0.15, 0.2) is 0 Å². The van der Waals surface area contributed by atoms with Crippen LogP contribution in [0.25, 0.3) is 0 Å². The van der Waals surface area contributed by atoms with Crippen molar-refractivity contribution in [3.05, 3.63) is 29.1 Å². The van der Waals surface area contributed by atoms with Gasteiger partial charge >= 0.3 is 5.97 Å². The van der Waals surface area contributed by atoms with Gasteiger partial charge in [-0.15, -0.1) is 0 Å². The third-order valence-electron chi connectivity index (χ3n) is 1.96. The van der Waals surface area contributed by atoms with Crippen LogP contribution in [0.15, 0.2) is 12.1 Å². The highest BCUT2D eigenvalue weighted by molar-refractivity contribution is 9.08. The van der Waals surface area contributed by atoms with E-state index in [-0.39, 0.29) is 5.56 Å². The molecule has 0 N–H and O–H groups in total. The number of benzene rings is 1. The van der Waals surface area contributed by atoms with Crippen LogP contribution >= 0.6 is 15.9 Å². The molecule has 0 spiro atoms. The number of esters is 1. The van der Waals surface area contributed by atoms with E-state index in [0.717, 1.165) is 0 Å². The average Bonchev–Trinajstić information content (AvgIpc) is 2.27. The molecule has 0 saturated carbocycles. The maximum atomic E-state index is 13.4. The van der Waals surface area contributed by atoms with Crippen LogP contribution < -0.4 is 4.74 Å². The van der Waals surface area contributed by atoms with Gasteiger partial charge in [0.05, 0.1) is 14.2 Å². The number of alkyl halides is 1. The van der Waals surface area contributed by atoms with Gasteiger partial charge in [0.1, 0.15) is 17.1 Å². The topological polar surface area (TPSA) is 35.5 Å². The van der Waals surface area contributed by atoms with Crippen LogP contribution in [0.3, 0.4) is 0 Å². The largest absolute Gasteiger partial charge is 0.496 e. The number of hydrogen-bond acceptors (Lipinski definition) is 3. The normalized spacial score (nSPS) is 9.87. The van der Waals surface area contributed by atoms with Crippen LogP contribution in [0.5, 0.6) is 5.75 Å². The fraction of sp³-hybridized carbons (Fsp3) is 0.300. The summed E-state index contributed by atoms with van der Waals surface area (Å²) >= 11 is 3.18. The van der Waals surface area contributed by atoms with Crippen LogP contribution in [-0.2, 0) is 10.1 Å². The molecular weight excluding hydrogens is 267 g/mol. The van der Waals surface area contributed by atoms with E-state index in [2.05, 4.69) is 20.7 Å². The lowest BCUT2D eigenvalue weighted by Crippen LogP contribution is -2.09. The zero-order valence-corrected chi connectivity index (χ0v) is 9.93. The first kappa shape index (κ1) is 12.0. The molecule has 1 aromatic rings. The maximum Gasteiger partial charge on any atom is 0.341 e. The molecule has 0 heterocycles. The third-order valence-corrected chi connectivity index (χ3v) is 2.52. The maximum absolute atomic E-state index is 13.4. The minimum Gasteiger partial charge on any atom is -0.496 e. The second-order valence-corrected chi connectivity index (χ2v) is 3.29. The SMILES string of the molecule is COC(=O)c1c(F)ccc(OC)c1CBr. The molecule has 0 radical (unpaired) electrons. The standard InChI is InChI=1S/C10H10BrFO3/c1-14-8-4-3-7(12)9(6(8)5-11)10(13)15-2/h3-4H,5H2,1-2H3. The summed E-state index contributed by atoms with van der Waals surface area (Å²) < 4.78 is 22.9. The van der Waals surface area contributed by atoms with Gasteiger partial charge in [0, 0.05) is 10.9 Å². The number of carbonyl (C=O) groups is 1. The van der Waals surface area contributed by atoms with Gasteiger partial charge in [-0.2, -0.15) is 0 Å². The number of ether oxygens (including phenoxy) is 2. The van der Waals surface area contributed by atoms with Gasteiger partial charge in [-0.25, -0.2) is 9.18 Å². The Labute approximate surface area is 95.3 Å². The molecule has 1 aromatic carbocycles. The molecule has 0 aromatic heterocycles. The molecule has 0 aliphatic rings. The van der Waals surface area contributed by atoms with E-state index in [4.69, 9.17) is 4.74 Å². The summed E-state index contributed by atoms with van der Waals surface area (Å²) in [5, 5.41) is 0.318. The Bertz CT molecular complexity index is 379. The van der Waals surface area contributed by atoms with E-state index in [1.54, 1.807) is 0 Å². The molecule has 0 aliphatic carbocycles. The van der Waals surface area contributed by atoms with Gasteiger partial charge in [0.25, 0.3) is 0 Å². The molecule has 3 nitrogen and oxygen atoms in total. The zero-order valence-electron chi connectivity index (χ0n) is 8.34. The van der Waals surface area contributed by atoms with Crippen molar-refractivity contribution in [3.63, 3.8) is 0 Å². The van der Waals surface area contributed by atoms with E-state index in [1.807, 2.05) is 0 Å². The number of hydrogen-bond donors (Lipinski definition) is 0. The Balaban J connectivity index is 3.38. The molecular formula is C10H10BrFO3. The summed E-state index contributed by atoms with van der Waals surface area (Å²) in [4.78, 5) is 11.3. The van der Waals surface area contributed by atoms with E-state index >= 15 is 0 Å². The Morgan fingerprint density at radius 1 is 1.47 bits per heavy atom. The van der Waals surface area contributed by atoms with Gasteiger partial charge in [0.2, 0.25) is 0 Å². The molecule has 0 bridgehead atoms. The van der Waals surface area contributed by atoms with Crippen LogP contribution in [0.4, 0.5) is 4.39 Å². The first-order valence-electron chi connectivity index (χ1n) is 4.15. The molecule has 1 rings (SSSR count). The van der Waals surface area contributed by atoms with E-state index < -0.39 is 11.8 Å². The monoisotopic (exact) mass is 276 g/mol. The lowest BCUT2D eigenvalue weighted by atomic mass is 10.1. The van der Waals surface area contributed by atoms with Gasteiger partial charge in [-0.05, 0) is 12.1 Å². The van der Waals surface area contributed by atoms with Crippen LogP contribution in [0.2, 0.25) is 0 Å². The molecule has 5 heteroatoms. The van der Waals surface area contributed by atoms with Crippen molar-refractivity contribution < 1.29 is 18.7 Å². The molecule has 0 saturated heterocycles. The predicted molar refractivity (Wildman–Crippen MR) is 56.9 cm³/mol.